The number of nitrogens with one attached hydrogen (secondary N) is 1. The molecule has 0 bridgehead atoms. The molecule has 1 amide bonds. The molecule has 5 fully saturated rings. The number of ketones is 1. The lowest BCUT2D eigenvalue weighted by atomic mass is 9.32. The second-order valence-electron chi connectivity index (χ2n) is 16.3. The van der Waals surface area contributed by atoms with Gasteiger partial charge in [-0.1, -0.05) is 52.8 Å². The number of allylic oxidation sites excluding steroid dienone is 1. The van der Waals surface area contributed by atoms with Gasteiger partial charge in [0.1, 0.15) is 5.78 Å². The van der Waals surface area contributed by atoms with Crippen LogP contribution in [0.2, 0.25) is 0 Å². The first-order valence-corrected chi connectivity index (χ1v) is 16.7. The monoisotopic (exact) mass is 558 g/mol. The largest absolute Gasteiger partial charge is 0.355 e. The van der Waals surface area contributed by atoms with Crippen LogP contribution in [-0.4, -0.2) is 23.2 Å². The summed E-state index contributed by atoms with van der Waals surface area (Å²) in [6.45, 7) is 19.7. The Morgan fingerprint density at radius 1 is 0.951 bits per heavy atom. The highest BCUT2D eigenvalue weighted by Gasteiger charge is 2.71. The van der Waals surface area contributed by atoms with E-state index in [0.29, 0.717) is 47.8 Å². The Hall–Kier alpha value is -1.97. The summed E-state index contributed by atoms with van der Waals surface area (Å²) < 4.78 is 0. The quantitative estimate of drug-likeness (QED) is 0.373. The molecule has 0 aliphatic heterocycles. The number of hydrogen-bond donors (Lipinski definition) is 1. The van der Waals surface area contributed by atoms with Gasteiger partial charge in [0.15, 0.2) is 0 Å². The SMILES string of the molecule is C=C(C)[C@@H]1CC[C@]2(C(=O)NCCc3ccccn3)CC[C@]3(C)[C@H](CCC4[C@@]5(C)CCC(=O)C(C)(C)[C@@H]5CC[C@]43C)[C@@H]12. The Labute approximate surface area is 248 Å². The van der Waals surface area contributed by atoms with Gasteiger partial charge in [0.05, 0.1) is 5.41 Å². The van der Waals surface area contributed by atoms with E-state index in [2.05, 4.69) is 58.4 Å². The molecular formula is C37H54N2O2. The van der Waals surface area contributed by atoms with Gasteiger partial charge in [-0.3, -0.25) is 14.6 Å². The lowest BCUT2D eigenvalue weighted by Gasteiger charge is -2.72. The van der Waals surface area contributed by atoms with E-state index >= 15 is 0 Å². The summed E-state index contributed by atoms with van der Waals surface area (Å²) in [6, 6.07) is 6.01. The van der Waals surface area contributed by atoms with Gasteiger partial charge in [0, 0.05) is 36.7 Å². The summed E-state index contributed by atoms with van der Waals surface area (Å²) in [5.41, 5.74) is 2.49. The summed E-state index contributed by atoms with van der Waals surface area (Å²) in [4.78, 5) is 31.8. The maximum absolute atomic E-state index is 14.2. The molecule has 0 spiro atoms. The summed E-state index contributed by atoms with van der Waals surface area (Å²) in [6.07, 6.45) is 13.5. The fourth-order valence-corrected chi connectivity index (χ4v) is 12.4. The number of amides is 1. The van der Waals surface area contributed by atoms with E-state index in [-0.39, 0.29) is 27.1 Å². The summed E-state index contributed by atoms with van der Waals surface area (Å²) >= 11 is 0. The number of hydrogen-bond acceptors (Lipinski definition) is 3. The minimum atomic E-state index is -0.276. The van der Waals surface area contributed by atoms with Crippen LogP contribution in [0.4, 0.5) is 0 Å². The number of nitrogens with zero attached hydrogens (tertiary/aromatic N) is 1. The Morgan fingerprint density at radius 3 is 2.44 bits per heavy atom. The second-order valence-corrected chi connectivity index (χ2v) is 16.3. The highest BCUT2D eigenvalue weighted by Crippen LogP contribution is 2.77. The summed E-state index contributed by atoms with van der Waals surface area (Å²) in [7, 11) is 0. The average molecular weight is 559 g/mol. The van der Waals surface area contributed by atoms with Crippen LogP contribution < -0.4 is 5.32 Å². The highest BCUT2D eigenvalue weighted by atomic mass is 16.2. The van der Waals surface area contributed by atoms with Crippen LogP contribution in [-0.2, 0) is 16.0 Å². The lowest BCUT2D eigenvalue weighted by Crippen LogP contribution is -2.67. The molecule has 1 heterocycles. The molecule has 5 aliphatic carbocycles. The van der Waals surface area contributed by atoms with E-state index in [0.717, 1.165) is 57.1 Å². The van der Waals surface area contributed by atoms with Crippen molar-refractivity contribution in [1.29, 1.82) is 0 Å². The Morgan fingerprint density at radius 2 is 1.73 bits per heavy atom. The van der Waals surface area contributed by atoms with E-state index < -0.39 is 0 Å². The first kappa shape index (κ1) is 29.1. The highest BCUT2D eigenvalue weighted by molar-refractivity contribution is 5.85. The maximum Gasteiger partial charge on any atom is 0.226 e. The zero-order valence-corrected chi connectivity index (χ0v) is 26.7. The summed E-state index contributed by atoms with van der Waals surface area (Å²) in [5, 5.41) is 3.41. The third kappa shape index (κ3) is 4.00. The number of Topliss-reactive ketones (excluding diaryl/α,β-unsaturated/α-hetero) is 1. The van der Waals surface area contributed by atoms with Gasteiger partial charge in [-0.05, 0) is 123 Å². The fourth-order valence-electron chi connectivity index (χ4n) is 12.4. The van der Waals surface area contributed by atoms with Crippen molar-refractivity contribution in [2.24, 2.45) is 56.7 Å². The summed E-state index contributed by atoms with van der Waals surface area (Å²) in [5.74, 6) is 3.25. The lowest BCUT2D eigenvalue weighted by molar-refractivity contribution is -0.233. The minimum Gasteiger partial charge on any atom is -0.355 e. The molecule has 0 saturated heterocycles. The number of carbonyl (C=O) groups is 2. The minimum absolute atomic E-state index is 0.204. The van der Waals surface area contributed by atoms with Crippen molar-refractivity contribution in [1.82, 2.24) is 10.3 Å². The predicted octanol–water partition coefficient (Wildman–Crippen LogP) is 7.97. The normalized spacial score (nSPS) is 44.6. The van der Waals surface area contributed by atoms with E-state index in [1.807, 2.05) is 24.4 Å². The van der Waals surface area contributed by atoms with Crippen LogP contribution in [0.15, 0.2) is 36.5 Å². The number of aromatic nitrogens is 1. The van der Waals surface area contributed by atoms with E-state index in [1.54, 1.807) is 0 Å². The number of fused-ring (bicyclic) bond motifs is 7. The van der Waals surface area contributed by atoms with Crippen molar-refractivity contribution in [3.8, 4) is 0 Å². The molecule has 224 valence electrons. The zero-order valence-electron chi connectivity index (χ0n) is 26.7. The van der Waals surface area contributed by atoms with Crippen molar-refractivity contribution in [2.75, 3.05) is 6.54 Å². The van der Waals surface area contributed by atoms with Crippen LogP contribution >= 0.6 is 0 Å². The molecule has 6 rings (SSSR count). The van der Waals surface area contributed by atoms with Crippen LogP contribution in [0.3, 0.4) is 0 Å². The molecule has 1 aromatic heterocycles. The van der Waals surface area contributed by atoms with Gasteiger partial charge in [-0.25, -0.2) is 0 Å². The molecule has 9 atom stereocenters. The Balaban J connectivity index is 1.30. The standard InChI is InChI=1S/C37H54N2O2/c1-24(2)26-13-19-37(32(41)39-23-16-25-10-8-9-22-38-25)21-20-35(6)27(31(26)37)11-12-29-34(5)17-15-30(40)33(3,4)28(34)14-18-36(29,35)7/h8-10,22,26-29,31H,1,11-21,23H2,2-7H3,(H,39,41)/t26-,27+,28-,29?,31+,34-,35+,36+,37-/m0/s1. The molecule has 4 nitrogen and oxygen atoms in total. The van der Waals surface area contributed by atoms with Crippen molar-refractivity contribution < 1.29 is 9.59 Å². The first-order chi connectivity index (χ1) is 19.3. The van der Waals surface area contributed by atoms with E-state index in [4.69, 9.17) is 0 Å². The third-order valence-corrected chi connectivity index (χ3v) is 14.7. The fraction of sp³-hybridized carbons (Fsp3) is 0.757. The molecule has 0 aromatic carbocycles. The molecule has 1 N–H and O–H groups in total. The third-order valence-electron chi connectivity index (χ3n) is 14.7. The van der Waals surface area contributed by atoms with Gasteiger partial charge in [0.2, 0.25) is 5.91 Å². The Bertz CT molecular complexity index is 1220. The van der Waals surface area contributed by atoms with Crippen molar-refractivity contribution in [2.45, 2.75) is 112 Å². The topological polar surface area (TPSA) is 59.1 Å². The molecule has 0 radical (unpaired) electrons. The van der Waals surface area contributed by atoms with Crippen LogP contribution in [0.25, 0.3) is 0 Å². The van der Waals surface area contributed by atoms with Crippen molar-refractivity contribution in [3.05, 3.63) is 42.2 Å². The zero-order chi connectivity index (χ0) is 29.4. The second kappa shape index (κ2) is 9.78. The number of carbonyl (C=O) groups excluding carboxylic acids is 2. The molecule has 5 aliphatic rings. The molecule has 1 aromatic rings. The van der Waals surface area contributed by atoms with Crippen molar-refractivity contribution in [3.63, 3.8) is 0 Å². The predicted molar refractivity (Wildman–Crippen MR) is 165 cm³/mol. The van der Waals surface area contributed by atoms with Crippen molar-refractivity contribution >= 4 is 11.7 Å². The molecule has 41 heavy (non-hydrogen) atoms. The van der Waals surface area contributed by atoms with E-state index in [1.165, 1.54) is 24.8 Å². The van der Waals surface area contributed by atoms with Gasteiger partial charge >= 0.3 is 0 Å². The van der Waals surface area contributed by atoms with E-state index in [9.17, 15) is 9.59 Å². The molecule has 5 saturated carbocycles. The Kier molecular flexibility index (Phi) is 6.94. The van der Waals surface area contributed by atoms with Crippen LogP contribution in [0.5, 0.6) is 0 Å². The van der Waals surface area contributed by atoms with Gasteiger partial charge in [0.25, 0.3) is 0 Å². The van der Waals surface area contributed by atoms with Crippen LogP contribution in [0.1, 0.15) is 111 Å². The number of pyridine rings is 1. The van der Waals surface area contributed by atoms with Crippen LogP contribution in [0, 0.1) is 56.7 Å². The number of rotatable bonds is 5. The first-order valence-electron chi connectivity index (χ1n) is 16.7. The molecule has 4 heteroatoms. The average Bonchev–Trinajstić information content (AvgIpc) is 3.33. The smallest absolute Gasteiger partial charge is 0.226 e. The molecular weight excluding hydrogens is 504 g/mol. The maximum atomic E-state index is 14.2. The van der Waals surface area contributed by atoms with Gasteiger partial charge in [-0.2, -0.15) is 0 Å². The van der Waals surface area contributed by atoms with Gasteiger partial charge < -0.3 is 5.32 Å². The molecule has 1 unspecified atom stereocenters. The van der Waals surface area contributed by atoms with Gasteiger partial charge in [-0.15, -0.1) is 0 Å².